The first-order chi connectivity index (χ1) is 9.10. The van der Waals surface area contributed by atoms with Gasteiger partial charge in [-0.1, -0.05) is 20.3 Å². The molecule has 2 N–H and O–H groups in total. The van der Waals surface area contributed by atoms with Gasteiger partial charge >= 0.3 is 6.09 Å². The molecular weight excluding hydrogens is 256 g/mol. The molecule has 1 aliphatic carbocycles. The van der Waals surface area contributed by atoms with Gasteiger partial charge in [0.05, 0.1) is 0 Å². The SMILES string of the molecule is CC(C)(C)OC(=O)NCCC(=O)NC1CCCC1(C)C. The maximum Gasteiger partial charge on any atom is 0.407 e. The first-order valence-corrected chi connectivity index (χ1v) is 7.36. The Kier molecular flexibility index (Phi) is 5.42. The lowest BCUT2D eigenvalue weighted by Gasteiger charge is -2.27. The van der Waals surface area contributed by atoms with Crippen molar-refractivity contribution in [3.05, 3.63) is 0 Å². The Morgan fingerprint density at radius 2 is 1.95 bits per heavy atom. The maximum absolute atomic E-state index is 11.9. The van der Waals surface area contributed by atoms with E-state index < -0.39 is 11.7 Å². The third-order valence-corrected chi connectivity index (χ3v) is 3.61. The summed E-state index contributed by atoms with van der Waals surface area (Å²) in [6, 6.07) is 0.247. The minimum atomic E-state index is -0.514. The molecule has 1 saturated carbocycles. The molecule has 0 saturated heterocycles. The third-order valence-electron chi connectivity index (χ3n) is 3.61. The molecule has 0 aromatic heterocycles. The quantitative estimate of drug-likeness (QED) is 0.834. The van der Waals surface area contributed by atoms with E-state index in [1.165, 1.54) is 0 Å². The normalized spacial score (nSPS) is 21.4. The number of carbonyl (C=O) groups excluding carboxylic acids is 2. The van der Waals surface area contributed by atoms with E-state index in [-0.39, 0.29) is 23.8 Å². The fourth-order valence-corrected chi connectivity index (χ4v) is 2.45. The van der Waals surface area contributed by atoms with E-state index in [0.29, 0.717) is 6.54 Å². The number of hydrogen-bond donors (Lipinski definition) is 2. The summed E-state index contributed by atoms with van der Waals surface area (Å²) in [4.78, 5) is 23.3. The van der Waals surface area contributed by atoms with Crippen molar-refractivity contribution < 1.29 is 14.3 Å². The molecule has 1 unspecified atom stereocenters. The summed E-state index contributed by atoms with van der Waals surface area (Å²) in [6.07, 6.45) is 3.15. The largest absolute Gasteiger partial charge is 0.444 e. The lowest BCUT2D eigenvalue weighted by molar-refractivity contribution is -0.122. The molecule has 0 aromatic rings. The molecule has 1 atom stereocenters. The predicted octanol–water partition coefficient (Wildman–Crippen LogP) is 2.60. The zero-order chi connectivity index (χ0) is 15.4. The Labute approximate surface area is 121 Å². The highest BCUT2D eigenvalue weighted by atomic mass is 16.6. The van der Waals surface area contributed by atoms with Gasteiger partial charge in [-0.05, 0) is 39.0 Å². The highest BCUT2D eigenvalue weighted by molar-refractivity contribution is 5.77. The minimum absolute atomic E-state index is 0.0129. The molecule has 5 heteroatoms. The third kappa shape index (κ3) is 5.80. The van der Waals surface area contributed by atoms with Crippen LogP contribution in [-0.2, 0) is 9.53 Å². The van der Waals surface area contributed by atoms with E-state index in [4.69, 9.17) is 4.74 Å². The van der Waals surface area contributed by atoms with Crippen LogP contribution in [0.25, 0.3) is 0 Å². The van der Waals surface area contributed by atoms with Crippen LogP contribution < -0.4 is 10.6 Å². The summed E-state index contributed by atoms with van der Waals surface area (Å²) >= 11 is 0. The number of alkyl carbamates (subject to hydrolysis) is 1. The number of ether oxygens (including phenoxy) is 1. The molecule has 0 aromatic carbocycles. The van der Waals surface area contributed by atoms with Crippen LogP contribution in [-0.4, -0.2) is 30.2 Å². The molecule has 116 valence electrons. The summed E-state index contributed by atoms with van der Waals surface area (Å²) in [5.41, 5.74) is -0.339. The molecule has 0 aliphatic heterocycles. The molecule has 2 amide bonds. The second-order valence-electron chi connectivity index (χ2n) is 7.18. The molecule has 1 rings (SSSR count). The maximum atomic E-state index is 11.9. The van der Waals surface area contributed by atoms with Crippen LogP contribution in [0.1, 0.15) is 60.3 Å². The second kappa shape index (κ2) is 6.46. The molecule has 0 heterocycles. The lowest BCUT2D eigenvalue weighted by atomic mass is 9.87. The van der Waals surface area contributed by atoms with E-state index in [9.17, 15) is 9.59 Å². The van der Waals surface area contributed by atoms with Gasteiger partial charge in [0.2, 0.25) is 5.91 Å². The van der Waals surface area contributed by atoms with Gasteiger partial charge in [0.1, 0.15) is 5.60 Å². The van der Waals surface area contributed by atoms with Crippen molar-refractivity contribution in [2.24, 2.45) is 5.41 Å². The minimum Gasteiger partial charge on any atom is -0.444 e. The van der Waals surface area contributed by atoms with Crippen molar-refractivity contribution in [1.82, 2.24) is 10.6 Å². The fourth-order valence-electron chi connectivity index (χ4n) is 2.45. The predicted molar refractivity (Wildman–Crippen MR) is 78.4 cm³/mol. The van der Waals surface area contributed by atoms with Crippen molar-refractivity contribution in [2.75, 3.05) is 6.54 Å². The lowest BCUT2D eigenvalue weighted by Crippen LogP contribution is -2.42. The van der Waals surface area contributed by atoms with E-state index in [1.807, 2.05) is 20.8 Å². The Morgan fingerprint density at radius 3 is 2.45 bits per heavy atom. The number of amides is 2. The second-order valence-corrected chi connectivity index (χ2v) is 7.18. The summed E-state index contributed by atoms with van der Waals surface area (Å²) in [5.74, 6) is -0.0129. The molecule has 0 radical (unpaired) electrons. The molecule has 0 spiro atoms. The molecule has 20 heavy (non-hydrogen) atoms. The Hall–Kier alpha value is -1.26. The van der Waals surface area contributed by atoms with Gasteiger partial charge in [-0.3, -0.25) is 4.79 Å². The average molecular weight is 284 g/mol. The molecule has 0 bridgehead atoms. The van der Waals surface area contributed by atoms with E-state index in [1.54, 1.807) is 0 Å². The average Bonchev–Trinajstić information content (AvgIpc) is 2.55. The van der Waals surface area contributed by atoms with Crippen molar-refractivity contribution >= 4 is 12.0 Å². The van der Waals surface area contributed by atoms with Crippen LogP contribution in [0.4, 0.5) is 4.79 Å². The smallest absolute Gasteiger partial charge is 0.407 e. The van der Waals surface area contributed by atoms with Gasteiger partial charge in [-0.2, -0.15) is 0 Å². The molecular formula is C15H28N2O3. The van der Waals surface area contributed by atoms with Crippen LogP contribution in [0.2, 0.25) is 0 Å². The van der Waals surface area contributed by atoms with Crippen LogP contribution in [0.3, 0.4) is 0 Å². The van der Waals surface area contributed by atoms with Gasteiger partial charge in [0.25, 0.3) is 0 Å². The fraction of sp³-hybridized carbons (Fsp3) is 0.867. The van der Waals surface area contributed by atoms with E-state index in [0.717, 1.165) is 19.3 Å². The Morgan fingerprint density at radius 1 is 1.30 bits per heavy atom. The standard InChI is InChI=1S/C15H28N2O3/c1-14(2,3)20-13(19)16-10-8-12(18)17-11-7-6-9-15(11,4)5/h11H,6-10H2,1-5H3,(H,16,19)(H,17,18). The molecule has 5 nitrogen and oxygen atoms in total. The van der Waals surface area contributed by atoms with Crippen LogP contribution in [0, 0.1) is 5.41 Å². The Balaban J connectivity index is 2.22. The van der Waals surface area contributed by atoms with Gasteiger partial charge in [-0.15, -0.1) is 0 Å². The number of carbonyl (C=O) groups is 2. The summed E-state index contributed by atoms with van der Waals surface area (Å²) in [7, 11) is 0. The molecule has 1 fully saturated rings. The van der Waals surface area contributed by atoms with Crippen molar-refractivity contribution in [3.8, 4) is 0 Å². The first kappa shape index (κ1) is 16.8. The summed E-state index contributed by atoms with van der Waals surface area (Å²) in [5, 5.41) is 5.65. The first-order valence-electron chi connectivity index (χ1n) is 7.36. The number of nitrogens with one attached hydrogen (secondary N) is 2. The zero-order valence-electron chi connectivity index (χ0n) is 13.3. The topological polar surface area (TPSA) is 67.4 Å². The highest BCUT2D eigenvalue weighted by Gasteiger charge is 2.35. The number of rotatable bonds is 4. The van der Waals surface area contributed by atoms with Gasteiger partial charge < -0.3 is 15.4 Å². The van der Waals surface area contributed by atoms with Crippen molar-refractivity contribution in [2.45, 2.75) is 71.9 Å². The highest BCUT2D eigenvalue weighted by Crippen LogP contribution is 2.37. The van der Waals surface area contributed by atoms with Crippen LogP contribution in [0.5, 0.6) is 0 Å². The van der Waals surface area contributed by atoms with E-state index in [2.05, 4.69) is 24.5 Å². The summed E-state index contributed by atoms with van der Waals surface area (Å²) < 4.78 is 5.10. The van der Waals surface area contributed by atoms with Gasteiger partial charge in [0, 0.05) is 19.0 Å². The van der Waals surface area contributed by atoms with Gasteiger partial charge in [-0.25, -0.2) is 4.79 Å². The van der Waals surface area contributed by atoms with E-state index >= 15 is 0 Å². The van der Waals surface area contributed by atoms with Crippen molar-refractivity contribution in [1.29, 1.82) is 0 Å². The van der Waals surface area contributed by atoms with Crippen molar-refractivity contribution in [3.63, 3.8) is 0 Å². The number of hydrogen-bond acceptors (Lipinski definition) is 3. The Bertz CT molecular complexity index is 359. The van der Waals surface area contributed by atoms with Gasteiger partial charge in [0.15, 0.2) is 0 Å². The van der Waals surface area contributed by atoms with Crippen LogP contribution in [0.15, 0.2) is 0 Å². The summed E-state index contributed by atoms with van der Waals surface area (Å²) in [6.45, 7) is 10.1. The zero-order valence-corrected chi connectivity index (χ0v) is 13.3. The monoisotopic (exact) mass is 284 g/mol. The van der Waals surface area contributed by atoms with Crippen LogP contribution >= 0.6 is 0 Å². The molecule has 1 aliphatic rings.